The molecule has 2 rings (SSSR count). The molecule has 4 nitrogen and oxygen atoms in total. The number of aromatic nitrogens is 1. The van der Waals surface area contributed by atoms with Crippen molar-refractivity contribution < 1.29 is 4.79 Å². The molecule has 1 aromatic rings. The van der Waals surface area contributed by atoms with Crippen LogP contribution in [0.3, 0.4) is 0 Å². The van der Waals surface area contributed by atoms with Crippen LogP contribution in [-0.4, -0.2) is 28.9 Å². The molecule has 1 unspecified atom stereocenters. The Morgan fingerprint density at radius 1 is 1.30 bits per heavy atom. The molecule has 2 heterocycles. The van der Waals surface area contributed by atoms with Gasteiger partial charge in [-0.1, -0.05) is 20.8 Å². The molecule has 1 fully saturated rings. The van der Waals surface area contributed by atoms with E-state index in [4.69, 9.17) is 0 Å². The average molecular weight is 276 g/mol. The summed E-state index contributed by atoms with van der Waals surface area (Å²) in [7, 11) is 0. The van der Waals surface area contributed by atoms with Crippen molar-refractivity contribution in [1.29, 1.82) is 0 Å². The van der Waals surface area contributed by atoms with Gasteiger partial charge in [0.15, 0.2) is 5.43 Å². The van der Waals surface area contributed by atoms with E-state index < -0.39 is 0 Å². The number of hydrogen-bond donors (Lipinski definition) is 1. The van der Waals surface area contributed by atoms with Crippen molar-refractivity contribution in [3.63, 3.8) is 0 Å². The molecule has 0 radical (unpaired) electrons. The average Bonchev–Trinajstić information content (AvgIpc) is 2.63. The molecule has 4 heteroatoms. The molecule has 1 aliphatic heterocycles. The number of amides is 1. The van der Waals surface area contributed by atoms with E-state index in [9.17, 15) is 9.59 Å². The Morgan fingerprint density at radius 3 is 2.70 bits per heavy atom. The van der Waals surface area contributed by atoms with E-state index >= 15 is 0 Å². The summed E-state index contributed by atoms with van der Waals surface area (Å²) in [6, 6.07) is 1.41. The van der Waals surface area contributed by atoms with Crippen molar-refractivity contribution in [3.8, 4) is 0 Å². The first-order chi connectivity index (χ1) is 9.39. The van der Waals surface area contributed by atoms with Crippen LogP contribution in [0.25, 0.3) is 0 Å². The quantitative estimate of drug-likeness (QED) is 0.857. The van der Waals surface area contributed by atoms with Crippen LogP contribution in [0.2, 0.25) is 0 Å². The van der Waals surface area contributed by atoms with E-state index in [-0.39, 0.29) is 22.3 Å². The minimum atomic E-state index is -0.203. The first-order valence-corrected chi connectivity index (χ1v) is 7.36. The summed E-state index contributed by atoms with van der Waals surface area (Å²) < 4.78 is 0. The Hall–Kier alpha value is -1.58. The molecule has 20 heavy (non-hydrogen) atoms. The van der Waals surface area contributed by atoms with Gasteiger partial charge in [0.05, 0.1) is 0 Å². The predicted molar refractivity (Wildman–Crippen MR) is 79.8 cm³/mol. The summed E-state index contributed by atoms with van der Waals surface area (Å²) >= 11 is 0. The lowest BCUT2D eigenvalue weighted by Gasteiger charge is -2.29. The van der Waals surface area contributed by atoms with Gasteiger partial charge in [0.25, 0.3) is 5.91 Å². The van der Waals surface area contributed by atoms with Gasteiger partial charge in [0.2, 0.25) is 0 Å². The first-order valence-electron chi connectivity index (χ1n) is 7.36. The maximum absolute atomic E-state index is 12.4. The van der Waals surface area contributed by atoms with Gasteiger partial charge in [0, 0.05) is 31.5 Å². The summed E-state index contributed by atoms with van der Waals surface area (Å²) in [5, 5.41) is 0. The van der Waals surface area contributed by atoms with Crippen LogP contribution < -0.4 is 5.43 Å². The number of H-pyrrole nitrogens is 1. The predicted octanol–water partition coefficient (Wildman–Crippen LogP) is 2.66. The lowest BCUT2D eigenvalue weighted by Crippen LogP contribution is -2.35. The van der Waals surface area contributed by atoms with Crippen molar-refractivity contribution >= 4 is 5.91 Å². The number of likely N-dealkylation sites (tertiary alicyclic amines) is 1. The smallest absolute Gasteiger partial charge is 0.259 e. The van der Waals surface area contributed by atoms with Crippen molar-refractivity contribution in [2.75, 3.05) is 13.1 Å². The highest BCUT2D eigenvalue weighted by Gasteiger charge is 2.29. The monoisotopic (exact) mass is 276 g/mol. The first kappa shape index (κ1) is 14.8. The van der Waals surface area contributed by atoms with Gasteiger partial charge >= 0.3 is 0 Å². The van der Waals surface area contributed by atoms with Crippen LogP contribution in [0.4, 0.5) is 0 Å². The molecule has 1 saturated heterocycles. The molecule has 1 N–H and O–H groups in total. The number of pyridine rings is 1. The molecule has 1 aliphatic rings. The van der Waals surface area contributed by atoms with Gasteiger partial charge in [-0.25, -0.2) is 0 Å². The molecule has 0 saturated carbocycles. The maximum Gasteiger partial charge on any atom is 0.259 e. The van der Waals surface area contributed by atoms with Crippen molar-refractivity contribution in [1.82, 2.24) is 9.88 Å². The van der Waals surface area contributed by atoms with Gasteiger partial charge in [-0.3, -0.25) is 9.59 Å². The third-order valence-corrected chi connectivity index (χ3v) is 4.29. The van der Waals surface area contributed by atoms with Gasteiger partial charge in [-0.05, 0) is 30.6 Å². The summed E-state index contributed by atoms with van der Waals surface area (Å²) in [6.07, 6.45) is 6.24. The minimum Gasteiger partial charge on any atom is -0.367 e. The summed E-state index contributed by atoms with van der Waals surface area (Å²) in [5.41, 5.74) is 0.329. The third kappa shape index (κ3) is 3.30. The zero-order valence-electron chi connectivity index (χ0n) is 12.6. The maximum atomic E-state index is 12.4. The number of aromatic amines is 1. The Bertz CT molecular complexity index is 528. The van der Waals surface area contributed by atoms with E-state index in [1.165, 1.54) is 12.3 Å². The van der Waals surface area contributed by atoms with Crippen LogP contribution in [-0.2, 0) is 0 Å². The molecular formula is C16H24N2O2. The van der Waals surface area contributed by atoms with E-state index in [0.717, 1.165) is 32.4 Å². The largest absolute Gasteiger partial charge is 0.367 e. The number of nitrogens with zero attached hydrogens (tertiary/aromatic N) is 1. The summed E-state index contributed by atoms with van der Waals surface area (Å²) in [4.78, 5) is 28.8. The third-order valence-electron chi connectivity index (χ3n) is 4.29. The van der Waals surface area contributed by atoms with Crippen LogP contribution in [0.1, 0.15) is 50.4 Å². The second-order valence-corrected chi connectivity index (χ2v) is 6.71. The van der Waals surface area contributed by atoms with E-state index in [1.54, 1.807) is 6.20 Å². The molecule has 0 aromatic carbocycles. The highest BCUT2D eigenvalue weighted by molar-refractivity contribution is 5.93. The summed E-state index contributed by atoms with van der Waals surface area (Å²) in [6.45, 7) is 8.28. The van der Waals surface area contributed by atoms with Crippen LogP contribution in [0.15, 0.2) is 23.3 Å². The lowest BCUT2D eigenvalue weighted by molar-refractivity contribution is 0.0754. The van der Waals surface area contributed by atoms with Crippen LogP contribution in [0.5, 0.6) is 0 Å². The second-order valence-electron chi connectivity index (χ2n) is 6.71. The molecule has 1 amide bonds. The molecule has 0 aliphatic carbocycles. The van der Waals surface area contributed by atoms with Gasteiger partial charge in [-0.2, -0.15) is 0 Å². The van der Waals surface area contributed by atoms with E-state index in [1.807, 2.05) is 4.90 Å². The molecule has 110 valence electrons. The Labute approximate surface area is 120 Å². The minimum absolute atomic E-state index is 0.138. The molecule has 0 spiro atoms. The van der Waals surface area contributed by atoms with Gasteiger partial charge in [-0.15, -0.1) is 0 Å². The van der Waals surface area contributed by atoms with Crippen molar-refractivity contribution in [2.45, 2.75) is 40.0 Å². The zero-order chi connectivity index (χ0) is 14.8. The standard InChI is InChI=1S/C16H24N2O2/c1-16(2,3)12-5-4-9-18(10-7-12)15(20)13-11-17-8-6-14(13)19/h6,8,11-12H,4-5,7,9-10H2,1-3H3,(H,17,19). The fourth-order valence-corrected chi connectivity index (χ4v) is 2.92. The number of hydrogen-bond acceptors (Lipinski definition) is 2. The van der Waals surface area contributed by atoms with E-state index in [2.05, 4.69) is 25.8 Å². The molecule has 0 bridgehead atoms. The second kappa shape index (κ2) is 5.81. The number of carbonyl (C=O) groups excluding carboxylic acids is 1. The van der Waals surface area contributed by atoms with E-state index in [0.29, 0.717) is 5.92 Å². The lowest BCUT2D eigenvalue weighted by atomic mass is 9.77. The highest BCUT2D eigenvalue weighted by Crippen LogP contribution is 2.34. The van der Waals surface area contributed by atoms with Gasteiger partial charge < -0.3 is 9.88 Å². The van der Waals surface area contributed by atoms with Crippen LogP contribution >= 0.6 is 0 Å². The normalized spacial score (nSPS) is 20.6. The molecule has 1 aromatic heterocycles. The highest BCUT2D eigenvalue weighted by atomic mass is 16.2. The SMILES string of the molecule is CC(C)(C)C1CCCN(C(=O)c2c[nH]ccc2=O)CC1. The Balaban J connectivity index is 2.10. The van der Waals surface area contributed by atoms with Crippen molar-refractivity contribution in [2.24, 2.45) is 11.3 Å². The fraction of sp³-hybridized carbons (Fsp3) is 0.625. The van der Waals surface area contributed by atoms with Crippen LogP contribution in [0, 0.1) is 11.3 Å². The number of nitrogens with one attached hydrogen (secondary N) is 1. The topological polar surface area (TPSA) is 53.2 Å². The number of rotatable bonds is 1. The molecule has 1 atom stereocenters. The van der Waals surface area contributed by atoms with Crippen molar-refractivity contribution in [3.05, 3.63) is 34.2 Å². The summed E-state index contributed by atoms with van der Waals surface area (Å²) in [5.74, 6) is 0.496. The zero-order valence-corrected chi connectivity index (χ0v) is 12.6. The number of carbonyl (C=O) groups is 1. The van der Waals surface area contributed by atoms with Gasteiger partial charge in [0.1, 0.15) is 5.56 Å². The Morgan fingerprint density at radius 2 is 2.05 bits per heavy atom. The fourth-order valence-electron chi connectivity index (χ4n) is 2.92. The Kier molecular flexibility index (Phi) is 4.31. The molecular weight excluding hydrogens is 252 g/mol.